The van der Waals surface area contributed by atoms with Gasteiger partial charge < -0.3 is 10.6 Å². The fourth-order valence-electron chi connectivity index (χ4n) is 1.68. The van der Waals surface area contributed by atoms with E-state index in [2.05, 4.69) is 16.1 Å². The van der Waals surface area contributed by atoms with E-state index in [4.69, 9.17) is 5.73 Å². The van der Waals surface area contributed by atoms with Crippen molar-refractivity contribution in [3.05, 3.63) is 23.5 Å². The molecule has 2 aromatic rings. The first-order valence-corrected chi connectivity index (χ1v) is 5.84. The highest BCUT2D eigenvalue weighted by atomic mass is 32.1. The maximum atomic E-state index is 6.01. The maximum Gasteiger partial charge on any atom is 0.193 e. The van der Waals surface area contributed by atoms with Gasteiger partial charge in [-0.05, 0) is 14.1 Å². The lowest BCUT2D eigenvalue weighted by Crippen LogP contribution is -2.34. The standard InChI is InChI=1S/C10H16N4S/c1-13(2)6-8(11)5-9-7-14-3-4-15-10(14)12-9/h3-4,7-8H,5-6,11H2,1-2H3. The molecule has 1 atom stereocenters. The zero-order chi connectivity index (χ0) is 10.8. The minimum Gasteiger partial charge on any atom is -0.326 e. The molecule has 0 radical (unpaired) electrons. The van der Waals surface area contributed by atoms with Gasteiger partial charge in [-0.25, -0.2) is 4.98 Å². The minimum atomic E-state index is 0.157. The molecule has 4 nitrogen and oxygen atoms in total. The minimum absolute atomic E-state index is 0.157. The van der Waals surface area contributed by atoms with E-state index in [-0.39, 0.29) is 6.04 Å². The van der Waals surface area contributed by atoms with E-state index in [0.29, 0.717) is 0 Å². The van der Waals surface area contributed by atoms with Gasteiger partial charge in [0.15, 0.2) is 4.96 Å². The first-order chi connectivity index (χ1) is 7.15. The van der Waals surface area contributed by atoms with Crippen molar-refractivity contribution in [2.75, 3.05) is 20.6 Å². The zero-order valence-corrected chi connectivity index (χ0v) is 9.87. The predicted octanol–water partition coefficient (Wildman–Crippen LogP) is 0.827. The fraction of sp³-hybridized carbons (Fsp3) is 0.500. The van der Waals surface area contributed by atoms with Crippen LogP contribution >= 0.6 is 11.3 Å². The highest BCUT2D eigenvalue weighted by Gasteiger charge is 2.08. The highest BCUT2D eigenvalue weighted by Crippen LogP contribution is 2.12. The van der Waals surface area contributed by atoms with Gasteiger partial charge in [-0.1, -0.05) is 0 Å². The Kier molecular flexibility index (Phi) is 3.04. The van der Waals surface area contributed by atoms with Crippen LogP contribution in [0.2, 0.25) is 0 Å². The number of imidazole rings is 1. The van der Waals surface area contributed by atoms with E-state index in [1.165, 1.54) is 0 Å². The third-order valence-electron chi connectivity index (χ3n) is 2.21. The number of nitrogens with zero attached hydrogens (tertiary/aromatic N) is 3. The number of aromatic nitrogens is 2. The Labute approximate surface area is 93.3 Å². The van der Waals surface area contributed by atoms with Crippen molar-refractivity contribution in [2.45, 2.75) is 12.5 Å². The molecular weight excluding hydrogens is 208 g/mol. The van der Waals surface area contributed by atoms with E-state index < -0.39 is 0 Å². The Bertz CT molecular complexity index is 403. The Morgan fingerprint density at radius 1 is 1.60 bits per heavy atom. The lowest BCUT2D eigenvalue weighted by molar-refractivity contribution is 0.370. The molecule has 82 valence electrons. The van der Waals surface area contributed by atoms with Crippen LogP contribution in [0.15, 0.2) is 17.8 Å². The molecule has 0 saturated carbocycles. The van der Waals surface area contributed by atoms with Crippen LogP contribution in [0.1, 0.15) is 5.69 Å². The average molecular weight is 224 g/mol. The Morgan fingerprint density at radius 2 is 2.40 bits per heavy atom. The molecule has 2 rings (SSSR count). The lowest BCUT2D eigenvalue weighted by atomic mass is 10.2. The lowest BCUT2D eigenvalue weighted by Gasteiger charge is -2.15. The van der Waals surface area contributed by atoms with E-state index >= 15 is 0 Å². The summed E-state index contributed by atoms with van der Waals surface area (Å²) in [6, 6.07) is 0.157. The number of hydrogen-bond acceptors (Lipinski definition) is 4. The van der Waals surface area contributed by atoms with Crippen LogP contribution in [-0.2, 0) is 6.42 Å². The van der Waals surface area contributed by atoms with E-state index in [1.807, 2.05) is 30.1 Å². The van der Waals surface area contributed by atoms with Gasteiger partial charge in [0, 0.05) is 36.8 Å². The van der Waals surface area contributed by atoms with Gasteiger partial charge in [0.1, 0.15) is 0 Å². The van der Waals surface area contributed by atoms with Crippen LogP contribution in [0.25, 0.3) is 4.96 Å². The van der Waals surface area contributed by atoms with Gasteiger partial charge in [-0.2, -0.15) is 0 Å². The molecule has 15 heavy (non-hydrogen) atoms. The molecule has 5 heteroatoms. The number of nitrogens with two attached hydrogens (primary N) is 1. The molecular formula is C10H16N4S. The molecule has 2 N–H and O–H groups in total. The third-order valence-corrected chi connectivity index (χ3v) is 2.98. The number of rotatable bonds is 4. The largest absolute Gasteiger partial charge is 0.326 e. The molecule has 0 fully saturated rings. The van der Waals surface area contributed by atoms with Crippen molar-refractivity contribution in [2.24, 2.45) is 5.73 Å². The van der Waals surface area contributed by atoms with Crippen LogP contribution in [0.5, 0.6) is 0 Å². The molecule has 0 aliphatic carbocycles. The van der Waals surface area contributed by atoms with Crippen molar-refractivity contribution in [3.8, 4) is 0 Å². The molecule has 2 aromatic heterocycles. The average Bonchev–Trinajstić information content (AvgIpc) is 2.60. The molecule has 0 saturated heterocycles. The smallest absolute Gasteiger partial charge is 0.193 e. The summed E-state index contributed by atoms with van der Waals surface area (Å²) in [7, 11) is 4.07. The van der Waals surface area contributed by atoms with Crippen molar-refractivity contribution in [1.29, 1.82) is 0 Å². The number of thiazole rings is 1. The monoisotopic (exact) mass is 224 g/mol. The van der Waals surface area contributed by atoms with Gasteiger partial charge in [0.25, 0.3) is 0 Å². The molecule has 2 heterocycles. The summed E-state index contributed by atoms with van der Waals surface area (Å²) in [6.07, 6.45) is 4.92. The molecule has 0 bridgehead atoms. The zero-order valence-electron chi connectivity index (χ0n) is 9.05. The second-order valence-corrected chi connectivity index (χ2v) is 4.92. The molecule has 0 aliphatic rings. The molecule has 0 spiro atoms. The van der Waals surface area contributed by atoms with Crippen LogP contribution in [-0.4, -0.2) is 41.0 Å². The van der Waals surface area contributed by atoms with Crippen LogP contribution in [0.3, 0.4) is 0 Å². The van der Waals surface area contributed by atoms with Crippen molar-refractivity contribution >= 4 is 16.3 Å². The topological polar surface area (TPSA) is 46.6 Å². The van der Waals surface area contributed by atoms with Crippen LogP contribution in [0.4, 0.5) is 0 Å². The normalized spacial score (nSPS) is 13.9. The first-order valence-electron chi connectivity index (χ1n) is 4.96. The van der Waals surface area contributed by atoms with Crippen molar-refractivity contribution < 1.29 is 0 Å². The second-order valence-electron chi connectivity index (χ2n) is 4.05. The van der Waals surface area contributed by atoms with Gasteiger partial charge in [0.2, 0.25) is 0 Å². The number of hydrogen-bond donors (Lipinski definition) is 1. The summed E-state index contributed by atoms with van der Waals surface area (Å²) < 4.78 is 2.04. The number of fused-ring (bicyclic) bond motifs is 1. The van der Waals surface area contributed by atoms with Gasteiger partial charge in [0.05, 0.1) is 5.69 Å². The van der Waals surface area contributed by atoms with E-state index in [9.17, 15) is 0 Å². The Balaban J connectivity index is 2.02. The third kappa shape index (κ3) is 2.56. The predicted molar refractivity (Wildman–Crippen MR) is 63.3 cm³/mol. The Hall–Kier alpha value is -0.910. The van der Waals surface area contributed by atoms with Crippen LogP contribution in [0, 0.1) is 0 Å². The van der Waals surface area contributed by atoms with Crippen molar-refractivity contribution in [1.82, 2.24) is 14.3 Å². The van der Waals surface area contributed by atoms with Gasteiger partial charge >= 0.3 is 0 Å². The summed E-state index contributed by atoms with van der Waals surface area (Å²) in [4.78, 5) is 7.65. The number of likely N-dealkylation sites (N-methyl/N-ethyl adjacent to an activating group) is 1. The van der Waals surface area contributed by atoms with E-state index in [1.54, 1.807) is 11.3 Å². The quantitative estimate of drug-likeness (QED) is 0.836. The summed E-state index contributed by atoms with van der Waals surface area (Å²) >= 11 is 1.65. The van der Waals surface area contributed by atoms with Crippen molar-refractivity contribution in [3.63, 3.8) is 0 Å². The summed E-state index contributed by atoms with van der Waals surface area (Å²) in [5.74, 6) is 0. The highest BCUT2D eigenvalue weighted by molar-refractivity contribution is 7.15. The Morgan fingerprint density at radius 3 is 3.07 bits per heavy atom. The van der Waals surface area contributed by atoms with Gasteiger partial charge in [-0.15, -0.1) is 11.3 Å². The molecule has 0 aromatic carbocycles. The SMILES string of the molecule is CN(C)CC(N)Cc1cn2ccsc2n1. The summed E-state index contributed by atoms with van der Waals surface area (Å²) in [5.41, 5.74) is 7.09. The molecule has 1 unspecified atom stereocenters. The van der Waals surface area contributed by atoms with E-state index in [0.717, 1.165) is 23.6 Å². The molecule has 0 amide bonds. The summed E-state index contributed by atoms with van der Waals surface area (Å²) in [5, 5.41) is 2.03. The van der Waals surface area contributed by atoms with Gasteiger partial charge in [-0.3, -0.25) is 4.40 Å². The maximum absolute atomic E-state index is 6.01. The summed E-state index contributed by atoms with van der Waals surface area (Å²) in [6.45, 7) is 0.894. The van der Waals surface area contributed by atoms with Crippen LogP contribution < -0.4 is 5.73 Å². The second kappa shape index (κ2) is 4.30. The molecule has 0 aliphatic heterocycles. The first kappa shape index (κ1) is 10.6. The fourth-order valence-corrected chi connectivity index (χ4v) is 2.40.